The summed E-state index contributed by atoms with van der Waals surface area (Å²) in [5, 5.41) is 1.96. The number of carbonyl (C=O) groups excluding carboxylic acids is 2. The maximum absolute atomic E-state index is 13.7. The standard InChI is InChI=1S/C29H21ClN2O6S/c30-20-8-7-11-22(18-20)31-28(33)25-26(32(37-27(25)29(31)34)21-9-3-1-4-10-21)19-14-16-23(17-15-19)38-39(35,36)24-12-5-2-6-13-24/h1-18,25-27H/t25-,26-,27-/m1/s1. The number of rotatable bonds is 6. The molecule has 0 unspecified atom stereocenters. The first-order chi connectivity index (χ1) is 18.8. The summed E-state index contributed by atoms with van der Waals surface area (Å²) in [7, 11) is -4.02. The Kier molecular flexibility index (Phi) is 6.34. The van der Waals surface area contributed by atoms with E-state index in [1.165, 1.54) is 24.3 Å². The predicted molar refractivity (Wildman–Crippen MR) is 145 cm³/mol. The van der Waals surface area contributed by atoms with Crippen LogP contribution >= 0.6 is 11.6 Å². The topological polar surface area (TPSA) is 93.2 Å². The quantitative estimate of drug-likeness (QED) is 0.237. The highest BCUT2D eigenvalue weighted by Gasteiger charge is 2.60. The van der Waals surface area contributed by atoms with Crippen molar-refractivity contribution in [1.29, 1.82) is 0 Å². The highest BCUT2D eigenvalue weighted by atomic mass is 35.5. The molecule has 2 aliphatic rings. The first kappa shape index (κ1) is 25.1. The van der Waals surface area contributed by atoms with Crippen molar-refractivity contribution in [2.75, 3.05) is 9.96 Å². The van der Waals surface area contributed by atoms with Crippen LogP contribution in [0.5, 0.6) is 5.75 Å². The molecule has 4 aromatic rings. The van der Waals surface area contributed by atoms with Crippen LogP contribution in [-0.4, -0.2) is 26.3 Å². The van der Waals surface area contributed by atoms with E-state index in [4.69, 9.17) is 20.6 Å². The zero-order valence-corrected chi connectivity index (χ0v) is 21.8. The van der Waals surface area contributed by atoms with Gasteiger partial charge in [-0.2, -0.15) is 8.42 Å². The Labute approximate surface area is 230 Å². The van der Waals surface area contributed by atoms with Crippen LogP contribution in [0.25, 0.3) is 0 Å². The van der Waals surface area contributed by atoms with Gasteiger partial charge in [-0.1, -0.05) is 66.2 Å². The number of benzene rings is 4. The van der Waals surface area contributed by atoms with Gasteiger partial charge in [0.1, 0.15) is 16.6 Å². The van der Waals surface area contributed by atoms with Crippen molar-refractivity contribution in [2.45, 2.75) is 17.0 Å². The summed E-state index contributed by atoms with van der Waals surface area (Å²) in [4.78, 5) is 34.4. The first-order valence-electron chi connectivity index (χ1n) is 12.1. The lowest BCUT2D eigenvalue weighted by Gasteiger charge is -2.28. The normalized spacial score (nSPS) is 20.8. The summed E-state index contributed by atoms with van der Waals surface area (Å²) in [5.41, 5.74) is 1.68. The van der Waals surface area contributed by atoms with Crippen molar-refractivity contribution in [2.24, 2.45) is 5.92 Å². The fourth-order valence-corrected chi connectivity index (χ4v) is 6.04. The smallest absolute Gasteiger partial charge is 0.339 e. The minimum Gasteiger partial charge on any atom is -0.379 e. The molecule has 0 aromatic heterocycles. The molecular formula is C29H21ClN2O6S. The van der Waals surface area contributed by atoms with E-state index in [2.05, 4.69) is 0 Å². The van der Waals surface area contributed by atoms with Gasteiger partial charge in [-0.15, -0.1) is 0 Å². The molecule has 4 aromatic carbocycles. The highest BCUT2D eigenvalue weighted by molar-refractivity contribution is 7.87. The van der Waals surface area contributed by atoms with Crippen LogP contribution in [-0.2, 0) is 24.5 Å². The number of hydrogen-bond acceptors (Lipinski definition) is 7. The van der Waals surface area contributed by atoms with E-state index >= 15 is 0 Å². The van der Waals surface area contributed by atoms with Gasteiger partial charge in [-0.25, -0.2) is 9.96 Å². The van der Waals surface area contributed by atoms with Gasteiger partial charge in [0, 0.05) is 5.02 Å². The second kappa shape index (κ2) is 9.85. The van der Waals surface area contributed by atoms with E-state index in [9.17, 15) is 18.0 Å². The van der Waals surface area contributed by atoms with Gasteiger partial charge in [-0.3, -0.25) is 14.4 Å². The lowest BCUT2D eigenvalue weighted by Crippen LogP contribution is -2.37. The molecule has 0 bridgehead atoms. The SMILES string of the molecule is O=C1[C@@H]2[C@@H](c3ccc(OS(=O)(=O)c4ccccc4)cc3)N(c3ccccc3)O[C@H]2C(=O)N1c1cccc(Cl)c1. The summed E-state index contributed by atoms with van der Waals surface area (Å²) in [6.45, 7) is 0. The monoisotopic (exact) mass is 560 g/mol. The van der Waals surface area contributed by atoms with E-state index in [-0.39, 0.29) is 10.6 Å². The number of hydroxylamine groups is 1. The molecule has 10 heteroatoms. The van der Waals surface area contributed by atoms with E-state index in [1.807, 2.05) is 30.3 Å². The Balaban J connectivity index is 1.35. The molecule has 196 valence electrons. The Morgan fingerprint density at radius 1 is 0.744 bits per heavy atom. The van der Waals surface area contributed by atoms with Crippen molar-refractivity contribution in [1.82, 2.24) is 0 Å². The number of imide groups is 1. The van der Waals surface area contributed by atoms with Gasteiger partial charge in [0.05, 0.1) is 17.4 Å². The molecule has 2 heterocycles. The Hall–Kier alpha value is -4.18. The van der Waals surface area contributed by atoms with Crippen LogP contribution in [0.2, 0.25) is 5.02 Å². The molecule has 3 atom stereocenters. The van der Waals surface area contributed by atoms with Gasteiger partial charge in [0.25, 0.3) is 5.91 Å². The van der Waals surface area contributed by atoms with Crippen molar-refractivity contribution >= 4 is 44.9 Å². The number of hydrogen-bond donors (Lipinski definition) is 0. The van der Waals surface area contributed by atoms with Gasteiger partial charge in [0.2, 0.25) is 5.91 Å². The number of nitrogens with zero attached hydrogens (tertiary/aromatic N) is 2. The molecule has 2 aliphatic heterocycles. The van der Waals surface area contributed by atoms with Gasteiger partial charge >= 0.3 is 10.1 Å². The second-order valence-electron chi connectivity index (χ2n) is 9.07. The number of para-hydroxylation sites is 1. The van der Waals surface area contributed by atoms with Crippen LogP contribution in [0, 0.1) is 5.92 Å². The van der Waals surface area contributed by atoms with Crippen molar-refractivity contribution < 1.29 is 27.0 Å². The fraction of sp³-hybridized carbons (Fsp3) is 0.103. The number of carbonyl (C=O) groups is 2. The van der Waals surface area contributed by atoms with Crippen molar-refractivity contribution in [3.63, 3.8) is 0 Å². The second-order valence-corrected chi connectivity index (χ2v) is 11.1. The van der Waals surface area contributed by atoms with Gasteiger partial charge < -0.3 is 4.18 Å². The van der Waals surface area contributed by atoms with E-state index in [1.54, 1.807) is 59.7 Å². The van der Waals surface area contributed by atoms with Crippen LogP contribution in [0.15, 0.2) is 114 Å². The third-order valence-corrected chi connectivity index (χ3v) is 8.15. The zero-order chi connectivity index (χ0) is 27.1. The van der Waals surface area contributed by atoms with Crippen LogP contribution in [0.1, 0.15) is 11.6 Å². The Bertz CT molecular complexity index is 1650. The van der Waals surface area contributed by atoms with Crippen LogP contribution < -0.4 is 14.1 Å². The van der Waals surface area contributed by atoms with E-state index in [0.717, 1.165) is 4.90 Å². The summed E-state index contributed by atoms with van der Waals surface area (Å²) < 4.78 is 30.6. The number of halogens is 1. The molecule has 6 rings (SSSR count). The minimum atomic E-state index is -4.02. The third kappa shape index (κ3) is 4.54. The summed E-state index contributed by atoms with van der Waals surface area (Å²) in [6, 6.07) is 29.2. The molecule has 0 aliphatic carbocycles. The van der Waals surface area contributed by atoms with Crippen molar-refractivity contribution in [3.05, 3.63) is 120 Å². The molecule has 0 N–H and O–H groups in total. The van der Waals surface area contributed by atoms with Gasteiger partial charge in [-0.05, 0) is 60.2 Å². The lowest BCUT2D eigenvalue weighted by molar-refractivity contribution is -0.126. The zero-order valence-electron chi connectivity index (χ0n) is 20.3. The molecule has 8 nitrogen and oxygen atoms in total. The fourth-order valence-electron chi connectivity index (χ4n) is 4.90. The van der Waals surface area contributed by atoms with Gasteiger partial charge in [0.15, 0.2) is 6.10 Å². The molecule has 0 saturated carbocycles. The molecule has 2 fully saturated rings. The number of fused-ring (bicyclic) bond motifs is 1. The molecule has 0 radical (unpaired) electrons. The number of amides is 2. The van der Waals surface area contributed by atoms with E-state index in [0.29, 0.717) is 22.0 Å². The average molecular weight is 561 g/mol. The maximum Gasteiger partial charge on any atom is 0.339 e. The predicted octanol–water partition coefficient (Wildman–Crippen LogP) is 5.16. The molecule has 2 amide bonds. The highest BCUT2D eigenvalue weighted by Crippen LogP contribution is 2.48. The largest absolute Gasteiger partial charge is 0.379 e. The van der Waals surface area contributed by atoms with E-state index < -0.39 is 40.0 Å². The first-order valence-corrected chi connectivity index (χ1v) is 13.9. The maximum atomic E-state index is 13.7. The number of anilines is 2. The van der Waals surface area contributed by atoms with Crippen LogP contribution in [0.4, 0.5) is 11.4 Å². The lowest BCUT2D eigenvalue weighted by atomic mass is 9.90. The molecular weight excluding hydrogens is 540 g/mol. The Morgan fingerprint density at radius 3 is 2.05 bits per heavy atom. The van der Waals surface area contributed by atoms with Crippen LogP contribution in [0.3, 0.4) is 0 Å². The third-order valence-electron chi connectivity index (χ3n) is 6.65. The summed E-state index contributed by atoms with van der Waals surface area (Å²) in [6.07, 6.45) is -1.05. The van der Waals surface area contributed by atoms with Crippen molar-refractivity contribution in [3.8, 4) is 5.75 Å². The Morgan fingerprint density at radius 2 is 1.38 bits per heavy atom. The minimum absolute atomic E-state index is 0.0348. The molecule has 39 heavy (non-hydrogen) atoms. The molecule has 2 saturated heterocycles. The molecule has 0 spiro atoms. The average Bonchev–Trinajstić information content (AvgIpc) is 3.45. The summed E-state index contributed by atoms with van der Waals surface area (Å²) in [5.74, 6) is -1.64. The summed E-state index contributed by atoms with van der Waals surface area (Å²) >= 11 is 6.12.